The first-order valence-electron chi connectivity index (χ1n) is 8.60. The highest BCUT2D eigenvalue weighted by atomic mass is 32.2. The van der Waals surface area contributed by atoms with Crippen LogP contribution in [0.5, 0.6) is 0 Å². The Morgan fingerprint density at radius 2 is 1.93 bits per heavy atom. The van der Waals surface area contributed by atoms with Gasteiger partial charge in [-0.3, -0.25) is 4.79 Å². The topological polar surface area (TPSA) is 65.8 Å². The molecule has 0 saturated heterocycles. The summed E-state index contributed by atoms with van der Waals surface area (Å²) in [5, 5.41) is 17.0. The molecule has 0 aliphatic heterocycles. The van der Waals surface area contributed by atoms with Crippen molar-refractivity contribution in [3.63, 3.8) is 0 Å². The molecule has 6 heteroatoms. The van der Waals surface area contributed by atoms with E-state index in [0.717, 1.165) is 27.0 Å². The molecular weight excluding hydrogens is 386 g/mol. The first kappa shape index (κ1) is 18.2. The van der Waals surface area contributed by atoms with Gasteiger partial charge in [0.1, 0.15) is 11.1 Å². The van der Waals surface area contributed by atoms with Crippen LogP contribution in [0.15, 0.2) is 77.1 Å². The van der Waals surface area contributed by atoms with Gasteiger partial charge in [0.05, 0.1) is 21.9 Å². The molecule has 0 fully saturated rings. The fourth-order valence-electron chi connectivity index (χ4n) is 2.85. The number of amides is 1. The number of carbonyl (C=O) groups is 1. The Hall–Kier alpha value is -3.14. The van der Waals surface area contributed by atoms with Crippen LogP contribution in [0.4, 0.5) is 5.69 Å². The van der Waals surface area contributed by atoms with Crippen molar-refractivity contribution < 1.29 is 4.79 Å². The third-order valence-corrected chi connectivity index (χ3v) is 6.04. The molecule has 4 aromatic rings. The summed E-state index contributed by atoms with van der Waals surface area (Å²) in [6.07, 6.45) is 0. The van der Waals surface area contributed by atoms with Crippen LogP contribution in [-0.2, 0) is 4.79 Å². The summed E-state index contributed by atoms with van der Waals surface area (Å²) >= 11 is 2.87. The van der Waals surface area contributed by atoms with Crippen molar-refractivity contribution >= 4 is 45.5 Å². The van der Waals surface area contributed by atoms with E-state index in [2.05, 4.69) is 16.4 Å². The van der Waals surface area contributed by atoms with Crippen molar-refractivity contribution in [3.8, 4) is 16.6 Å². The number of thiophene rings is 1. The predicted octanol–water partition coefficient (Wildman–Crippen LogP) is 5.57. The number of rotatable bonds is 5. The van der Waals surface area contributed by atoms with Crippen LogP contribution in [0.25, 0.3) is 21.3 Å². The number of carbonyl (C=O) groups excluding carboxylic acids is 1. The first-order valence-corrected chi connectivity index (χ1v) is 10.5. The zero-order valence-electron chi connectivity index (χ0n) is 14.8. The quantitative estimate of drug-likeness (QED) is 0.444. The van der Waals surface area contributed by atoms with Crippen LogP contribution in [-0.4, -0.2) is 16.6 Å². The van der Waals surface area contributed by atoms with Gasteiger partial charge in [0, 0.05) is 11.1 Å². The third kappa shape index (κ3) is 3.91. The van der Waals surface area contributed by atoms with E-state index in [9.17, 15) is 10.1 Å². The Labute approximate surface area is 170 Å². The second kappa shape index (κ2) is 8.26. The average molecular weight is 402 g/mol. The number of benzene rings is 2. The van der Waals surface area contributed by atoms with Crippen molar-refractivity contribution in [2.24, 2.45) is 0 Å². The third-order valence-electron chi connectivity index (χ3n) is 4.16. The van der Waals surface area contributed by atoms with Crippen molar-refractivity contribution in [1.29, 1.82) is 5.26 Å². The second-order valence-corrected chi connectivity index (χ2v) is 7.91. The molecule has 0 unspecified atom stereocenters. The molecule has 1 N–H and O–H groups in total. The molecular formula is C22H15N3OS2. The summed E-state index contributed by atoms with van der Waals surface area (Å²) < 4.78 is 0. The van der Waals surface area contributed by atoms with Crippen molar-refractivity contribution in [2.75, 3.05) is 11.1 Å². The van der Waals surface area contributed by atoms with E-state index in [1.165, 1.54) is 11.8 Å². The summed E-state index contributed by atoms with van der Waals surface area (Å²) in [5.41, 5.74) is 2.07. The van der Waals surface area contributed by atoms with Crippen LogP contribution in [0.1, 0.15) is 5.56 Å². The molecule has 4 nitrogen and oxygen atoms in total. The SMILES string of the molecule is N#Cc1ccc(-c2cccs2)nc1SCC(=O)Nc1cccc2ccccc12. The van der Waals surface area contributed by atoms with Crippen LogP contribution in [0, 0.1) is 11.3 Å². The van der Waals surface area contributed by atoms with E-state index < -0.39 is 0 Å². The zero-order valence-corrected chi connectivity index (χ0v) is 16.4. The molecule has 136 valence electrons. The monoisotopic (exact) mass is 401 g/mol. The molecule has 4 rings (SSSR count). The van der Waals surface area contributed by atoms with Gasteiger partial charge < -0.3 is 5.32 Å². The van der Waals surface area contributed by atoms with Crippen molar-refractivity contribution in [2.45, 2.75) is 5.03 Å². The fraction of sp³-hybridized carbons (Fsp3) is 0.0455. The standard InChI is InChI=1S/C22H15N3OS2/c23-13-16-10-11-19(20-9-4-12-27-20)25-22(16)28-14-21(26)24-18-8-3-6-15-5-1-2-7-17(15)18/h1-12H,14H2,(H,24,26). The molecule has 1 amide bonds. The molecule has 0 spiro atoms. The highest BCUT2D eigenvalue weighted by Gasteiger charge is 2.12. The zero-order chi connectivity index (χ0) is 19.3. The van der Waals surface area contributed by atoms with E-state index in [0.29, 0.717) is 10.6 Å². The predicted molar refractivity (Wildman–Crippen MR) is 116 cm³/mol. The fourth-order valence-corrected chi connectivity index (χ4v) is 4.32. The lowest BCUT2D eigenvalue weighted by atomic mass is 10.1. The van der Waals surface area contributed by atoms with E-state index in [-0.39, 0.29) is 11.7 Å². The molecule has 0 aliphatic carbocycles. The Morgan fingerprint density at radius 3 is 2.75 bits per heavy atom. The summed E-state index contributed by atoms with van der Waals surface area (Å²) in [6, 6.07) is 23.4. The maximum Gasteiger partial charge on any atom is 0.234 e. The lowest BCUT2D eigenvalue weighted by Crippen LogP contribution is -2.14. The summed E-state index contributed by atoms with van der Waals surface area (Å²) in [7, 11) is 0. The van der Waals surface area contributed by atoms with Gasteiger partial charge in [-0.1, -0.05) is 54.2 Å². The highest BCUT2D eigenvalue weighted by Crippen LogP contribution is 2.28. The van der Waals surface area contributed by atoms with Crippen LogP contribution in [0.2, 0.25) is 0 Å². The minimum absolute atomic E-state index is 0.131. The molecule has 2 aromatic heterocycles. The molecule has 0 bridgehead atoms. The number of nitrogens with one attached hydrogen (secondary N) is 1. The minimum atomic E-state index is -0.131. The average Bonchev–Trinajstić information content (AvgIpc) is 3.27. The van der Waals surface area contributed by atoms with Gasteiger partial charge in [-0.15, -0.1) is 11.3 Å². The maximum atomic E-state index is 12.5. The summed E-state index contributed by atoms with van der Waals surface area (Å²) in [5.74, 6) is 0.0484. The first-order chi connectivity index (χ1) is 13.7. The Kier molecular flexibility index (Phi) is 5.38. The van der Waals surface area contributed by atoms with Gasteiger partial charge >= 0.3 is 0 Å². The van der Waals surface area contributed by atoms with Gasteiger partial charge in [-0.25, -0.2) is 4.98 Å². The van der Waals surface area contributed by atoms with E-state index in [1.807, 2.05) is 66.0 Å². The lowest BCUT2D eigenvalue weighted by Gasteiger charge is -2.09. The normalized spacial score (nSPS) is 10.5. The summed E-state index contributed by atoms with van der Waals surface area (Å²) in [6.45, 7) is 0. The molecule has 0 atom stereocenters. The number of anilines is 1. The van der Waals surface area contributed by atoms with Crippen molar-refractivity contribution in [1.82, 2.24) is 4.98 Å². The van der Waals surface area contributed by atoms with Crippen LogP contribution >= 0.6 is 23.1 Å². The van der Waals surface area contributed by atoms with E-state index in [1.54, 1.807) is 17.4 Å². The van der Waals surface area contributed by atoms with Crippen LogP contribution < -0.4 is 5.32 Å². The Morgan fingerprint density at radius 1 is 1.07 bits per heavy atom. The van der Waals surface area contributed by atoms with Gasteiger partial charge in [0.2, 0.25) is 5.91 Å². The Balaban J connectivity index is 1.50. The minimum Gasteiger partial charge on any atom is -0.325 e. The number of hydrogen-bond donors (Lipinski definition) is 1. The molecule has 28 heavy (non-hydrogen) atoms. The van der Waals surface area contributed by atoms with Crippen molar-refractivity contribution in [3.05, 3.63) is 77.7 Å². The van der Waals surface area contributed by atoms with E-state index in [4.69, 9.17) is 0 Å². The number of hydrogen-bond acceptors (Lipinski definition) is 5. The number of nitriles is 1. The number of pyridine rings is 1. The van der Waals surface area contributed by atoms with Crippen LogP contribution in [0.3, 0.4) is 0 Å². The largest absolute Gasteiger partial charge is 0.325 e. The lowest BCUT2D eigenvalue weighted by molar-refractivity contribution is -0.113. The van der Waals surface area contributed by atoms with Gasteiger partial charge in [0.15, 0.2) is 0 Å². The molecule has 2 heterocycles. The smallest absolute Gasteiger partial charge is 0.234 e. The molecule has 0 radical (unpaired) electrons. The Bertz CT molecular complexity index is 1170. The highest BCUT2D eigenvalue weighted by molar-refractivity contribution is 8.00. The van der Waals surface area contributed by atoms with Gasteiger partial charge in [0.25, 0.3) is 0 Å². The second-order valence-electron chi connectivity index (χ2n) is 6.00. The molecule has 0 aliphatic rings. The summed E-state index contributed by atoms with van der Waals surface area (Å²) in [4.78, 5) is 18.1. The van der Waals surface area contributed by atoms with Gasteiger partial charge in [-0.05, 0) is 35.0 Å². The number of fused-ring (bicyclic) bond motifs is 1. The maximum absolute atomic E-state index is 12.5. The molecule has 0 saturated carbocycles. The molecule has 2 aromatic carbocycles. The number of thioether (sulfide) groups is 1. The number of aromatic nitrogens is 1. The van der Waals surface area contributed by atoms with Gasteiger partial charge in [-0.2, -0.15) is 5.26 Å². The van der Waals surface area contributed by atoms with E-state index >= 15 is 0 Å². The number of nitrogens with zero attached hydrogens (tertiary/aromatic N) is 2.